The first-order valence-corrected chi connectivity index (χ1v) is 8.29. The van der Waals surface area contributed by atoms with Crippen molar-refractivity contribution in [3.63, 3.8) is 0 Å². The molecule has 0 aromatic carbocycles. The van der Waals surface area contributed by atoms with E-state index in [0.29, 0.717) is 11.5 Å². The van der Waals surface area contributed by atoms with Crippen LogP contribution in [-0.4, -0.2) is 50.3 Å². The molecule has 3 fully saturated rings. The number of nitrogens with zero attached hydrogens (tertiary/aromatic N) is 1. The van der Waals surface area contributed by atoms with Crippen LogP contribution in [-0.2, 0) is 4.74 Å². The molecule has 1 saturated carbocycles. The van der Waals surface area contributed by atoms with E-state index < -0.39 is 0 Å². The average molecular weight is 266 g/mol. The van der Waals surface area contributed by atoms with Gasteiger partial charge < -0.3 is 10.1 Å². The Kier molecular flexibility index (Phi) is 4.45. The maximum Gasteiger partial charge on any atom is 0.0572 e. The second kappa shape index (κ2) is 6.11. The highest BCUT2D eigenvalue weighted by Crippen LogP contribution is 2.38. The number of piperidine rings is 2. The summed E-state index contributed by atoms with van der Waals surface area (Å²) in [6.07, 6.45) is 11.5. The Morgan fingerprint density at radius 3 is 2.58 bits per heavy atom. The lowest BCUT2D eigenvalue weighted by Gasteiger charge is -2.49. The number of hydrogen-bond donors (Lipinski definition) is 1. The highest BCUT2D eigenvalue weighted by molar-refractivity contribution is 4.94. The molecule has 1 unspecified atom stereocenters. The molecule has 19 heavy (non-hydrogen) atoms. The number of likely N-dealkylation sites (tertiary alicyclic amines) is 1. The molecule has 2 heterocycles. The molecule has 0 aromatic heterocycles. The number of hydrogen-bond acceptors (Lipinski definition) is 3. The first-order valence-electron chi connectivity index (χ1n) is 8.29. The van der Waals surface area contributed by atoms with Gasteiger partial charge in [0.15, 0.2) is 0 Å². The van der Waals surface area contributed by atoms with Crippen molar-refractivity contribution in [3.05, 3.63) is 0 Å². The van der Waals surface area contributed by atoms with Crippen LogP contribution < -0.4 is 5.32 Å². The van der Waals surface area contributed by atoms with E-state index in [1.807, 2.05) is 7.11 Å². The molecule has 3 aliphatic rings. The summed E-state index contributed by atoms with van der Waals surface area (Å²) in [5.74, 6) is 0. The van der Waals surface area contributed by atoms with Crippen LogP contribution in [0.1, 0.15) is 51.4 Å². The van der Waals surface area contributed by atoms with Gasteiger partial charge in [-0.2, -0.15) is 0 Å². The lowest BCUT2D eigenvalue weighted by molar-refractivity contribution is -0.00130. The number of ether oxygens (including phenoxy) is 1. The predicted molar refractivity (Wildman–Crippen MR) is 78.4 cm³/mol. The molecule has 3 rings (SSSR count). The van der Waals surface area contributed by atoms with Crippen molar-refractivity contribution in [2.45, 2.75) is 63.5 Å². The summed E-state index contributed by atoms with van der Waals surface area (Å²) in [5, 5.41) is 3.64. The van der Waals surface area contributed by atoms with Crippen molar-refractivity contribution in [2.75, 3.05) is 33.3 Å². The topological polar surface area (TPSA) is 24.5 Å². The maximum atomic E-state index is 5.51. The Morgan fingerprint density at radius 1 is 1.11 bits per heavy atom. The molecule has 0 radical (unpaired) electrons. The number of methoxy groups -OCH3 is 1. The first kappa shape index (κ1) is 13.8. The largest absolute Gasteiger partial charge is 0.381 e. The Morgan fingerprint density at radius 2 is 1.89 bits per heavy atom. The molecule has 2 aliphatic heterocycles. The van der Waals surface area contributed by atoms with E-state index in [0.717, 1.165) is 6.04 Å². The van der Waals surface area contributed by atoms with Crippen LogP contribution in [0, 0.1) is 5.41 Å². The highest BCUT2D eigenvalue weighted by Gasteiger charge is 2.39. The van der Waals surface area contributed by atoms with Crippen molar-refractivity contribution in [1.29, 1.82) is 0 Å². The van der Waals surface area contributed by atoms with Crippen molar-refractivity contribution in [1.82, 2.24) is 10.2 Å². The zero-order chi connectivity index (χ0) is 13.1. The Labute approximate surface area is 118 Å². The van der Waals surface area contributed by atoms with Crippen LogP contribution in [0.2, 0.25) is 0 Å². The van der Waals surface area contributed by atoms with E-state index in [4.69, 9.17) is 4.74 Å². The molecule has 2 saturated heterocycles. The summed E-state index contributed by atoms with van der Waals surface area (Å²) in [6, 6.07) is 0.838. The van der Waals surface area contributed by atoms with Crippen molar-refractivity contribution in [3.8, 4) is 0 Å². The van der Waals surface area contributed by atoms with Crippen LogP contribution >= 0.6 is 0 Å². The van der Waals surface area contributed by atoms with E-state index in [2.05, 4.69) is 10.2 Å². The van der Waals surface area contributed by atoms with Gasteiger partial charge in [0.05, 0.1) is 6.10 Å². The first-order chi connectivity index (χ1) is 9.31. The Bertz CT molecular complexity index is 275. The fourth-order valence-electron chi connectivity index (χ4n) is 4.58. The minimum atomic E-state index is 0.534. The van der Waals surface area contributed by atoms with Gasteiger partial charge in [0, 0.05) is 26.2 Å². The van der Waals surface area contributed by atoms with Gasteiger partial charge in [-0.25, -0.2) is 0 Å². The lowest BCUT2D eigenvalue weighted by Crippen LogP contribution is -2.54. The lowest BCUT2D eigenvalue weighted by atomic mass is 9.73. The zero-order valence-corrected chi connectivity index (χ0v) is 12.5. The van der Waals surface area contributed by atoms with Crippen LogP contribution in [0.4, 0.5) is 0 Å². The monoisotopic (exact) mass is 266 g/mol. The van der Waals surface area contributed by atoms with Crippen LogP contribution in [0.25, 0.3) is 0 Å². The summed E-state index contributed by atoms with van der Waals surface area (Å²) in [4.78, 5) is 2.82. The van der Waals surface area contributed by atoms with E-state index in [1.54, 1.807) is 0 Å². The number of nitrogens with one attached hydrogen (secondary N) is 1. The zero-order valence-electron chi connectivity index (χ0n) is 12.5. The van der Waals surface area contributed by atoms with E-state index in [9.17, 15) is 0 Å². The van der Waals surface area contributed by atoms with Crippen molar-refractivity contribution >= 4 is 0 Å². The third-order valence-corrected chi connectivity index (χ3v) is 5.75. The smallest absolute Gasteiger partial charge is 0.0572 e. The summed E-state index contributed by atoms with van der Waals surface area (Å²) in [7, 11) is 1.87. The van der Waals surface area contributed by atoms with Crippen LogP contribution in [0.15, 0.2) is 0 Å². The molecule has 3 heteroatoms. The summed E-state index contributed by atoms with van der Waals surface area (Å²) in [6.45, 7) is 5.18. The summed E-state index contributed by atoms with van der Waals surface area (Å²) >= 11 is 0. The second-order valence-corrected chi connectivity index (χ2v) is 7.02. The molecule has 1 N–H and O–H groups in total. The second-order valence-electron chi connectivity index (χ2n) is 7.02. The van der Waals surface area contributed by atoms with Crippen molar-refractivity contribution < 1.29 is 4.74 Å². The van der Waals surface area contributed by atoms with E-state index >= 15 is 0 Å². The minimum absolute atomic E-state index is 0.534. The Balaban J connectivity index is 1.56. The predicted octanol–water partition coefficient (Wildman–Crippen LogP) is 2.41. The number of rotatable bonds is 2. The van der Waals surface area contributed by atoms with Gasteiger partial charge in [-0.3, -0.25) is 4.90 Å². The molecule has 1 atom stereocenters. The van der Waals surface area contributed by atoms with Gasteiger partial charge in [-0.05, 0) is 69.9 Å². The molecule has 1 aliphatic carbocycles. The third kappa shape index (κ3) is 3.14. The van der Waals surface area contributed by atoms with Gasteiger partial charge in [0.25, 0.3) is 0 Å². The van der Waals surface area contributed by atoms with E-state index in [-0.39, 0.29) is 0 Å². The fraction of sp³-hybridized carbons (Fsp3) is 1.00. The van der Waals surface area contributed by atoms with Gasteiger partial charge in [-0.1, -0.05) is 0 Å². The minimum Gasteiger partial charge on any atom is -0.381 e. The summed E-state index contributed by atoms with van der Waals surface area (Å²) < 4.78 is 5.51. The molecular formula is C16H30N2O. The van der Waals surface area contributed by atoms with Crippen molar-refractivity contribution in [2.24, 2.45) is 5.41 Å². The van der Waals surface area contributed by atoms with E-state index in [1.165, 1.54) is 77.5 Å². The fourth-order valence-corrected chi connectivity index (χ4v) is 4.58. The van der Waals surface area contributed by atoms with Gasteiger partial charge in [0.1, 0.15) is 0 Å². The molecule has 110 valence electrons. The molecule has 3 nitrogen and oxygen atoms in total. The van der Waals surface area contributed by atoms with Gasteiger partial charge >= 0.3 is 0 Å². The molecule has 0 aromatic rings. The SMILES string of the molecule is COC1CCC(N2CCCC3(CCCNC3)C2)CC1. The average Bonchev–Trinajstić information content (AvgIpc) is 2.48. The van der Waals surface area contributed by atoms with Gasteiger partial charge in [0.2, 0.25) is 0 Å². The van der Waals surface area contributed by atoms with Crippen LogP contribution in [0.5, 0.6) is 0 Å². The molecule has 0 bridgehead atoms. The molecule has 0 amide bonds. The third-order valence-electron chi connectivity index (χ3n) is 5.75. The summed E-state index contributed by atoms with van der Waals surface area (Å²) in [5.41, 5.74) is 0.606. The molecule has 1 spiro atoms. The standard InChI is InChI=1S/C16H30N2O/c1-19-15-6-4-14(5-7-15)18-11-3-9-16(13-18)8-2-10-17-12-16/h14-15,17H,2-13H2,1H3. The molecular weight excluding hydrogens is 236 g/mol. The van der Waals surface area contributed by atoms with Gasteiger partial charge in [-0.15, -0.1) is 0 Å². The van der Waals surface area contributed by atoms with Crippen LogP contribution in [0.3, 0.4) is 0 Å². The highest BCUT2D eigenvalue weighted by atomic mass is 16.5. The quantitative estimate of drug-likeness (QED) is 0.830. The normalized spacial score (nSPS) is 41.5. The Hall–Kier alpha value is -0.120. The maximum absolute atomic E-state index is 5.51.